The molecule has 73 heavy (non-hydrogen) atoms. The summed E-state index contributed by atoms with van der Waals surface area (Å²) in [7, 11) is 0. The van der Waals surface area contributed by atoms with E-state index < -0.39 is 6.10 Å². The number of rotatable bonds is 61. The van der Waals surface area contributed by atoms with Crippen molar-refractivity contribution in [2.45, 2.75) is 374 Å². The molecule has 0 aliphatic carbocycles. The molecule has 0 fully saturated rings. The molecule has 6 nitrogen and oxygen atoms in total. The number of esters is 3. The Morgan fingerprint density at radius 2 is 0.493 bits per heavy atom. The zero-order valence-corrected chi connectivity index (χ0v) is 49.4. The van der Waals surface area contributed by atoms with E-state index in [9.17, 15) is 14.4 Å². The second-order valence-corrected chi connectivity index (χ2v) is 22.4. The van der Waals surface area contributed by atoms with Crippen LogP contribution in [0.1, 0.15) is 367 Å². The first kappa shape index (κ1) is 70.9. The van der Waals surface area contributed by atoms with E-state index in [1.54, 1.807) is 0 Å². The number of carbonyl (C=O) groups is 3. The third kappa shape index (κ3) is 60.6. The molecule has 0 saturated carbocycles. The van der Waals surface area contributed by atoms with E-state index in [0.717, 1.165) is 64.2 Å². The third-order valence-electron chi connectivity index (χ3n) is 15.0. The lowest BCUT2D eigenvalue weighted by molar-refractivity contribution is -0.167. The molecule has 0 aromatic heterocycles. The molecule has 0 spiro atoms. The van der Waals surface area contributed by atoms with E-state index >= 15 is 0 Å². The lowest BCUT2D eigenvalue weighted by atomic mass is 10.0. The van der Waals surface area contributed by atoms with Gasteiger partial charge < -0.3 is 14.2 Å². The third-order valence-corrected chi connectivity index (χ3v) is 15.0. The van der Waals surface area contributed by atoms with Gasteiger partial charge in [0.2, 0.25) is 0 Å². The van der Waals surface area contributed by atoms with Crippen molar-refractivity contribution < 1.29 is 28.6 Å². The van der Waals surface area contributed by atoms with Gasteiger partial charge in [-0.3, -0.25) is 14.4 Å². The molecule has 0 N–H and O–H groups in total. The average Bonchev–Trinajstić information content (AvgIpc) is 3.39. The highest BCUT2D eigenvalue weighted by atomic mass is 16.6. The summed E-state index contributed by atoms with van der Waals surface area (Å²) in [5.74, 6) is -0.836. The molecule has 0 bridgehead atoms. The van der Waals surface area contributed by atoms with E-state index in [1.165, 1.54) is 263 Å². The van der Waals surface area contributed by atoms with E-state index in [2.05, 4.69) is 45.1 Å². The van der Waals surface area contributed by atoms with Crippen molar-refractivity contribution in [2.75, 3.05) is 13.2 Å². The highest BCUT2D eigenvalue weighted by molar-refractivity contribution is 5.71. The summed E-state index contributed by atoms with van der Waals surface area (Å²) in [5.41, 5.74) is 0. The van der Waals surface area contributed by atoms with Crippen LogP contribution in [0.2, 0.25) is 0 Å². The molecule has 6 heteroatoms. The summed E-state index contributed by atoms with van der Waals surface area (Å²) in [6, 6.07) is 0. The highest BCUT2D eigenvalue weighted by Crippen LogP contribution is 2.18. The van der Waals surface area contributed by atoms with E-state index in [1.807, 2.05) is 0 Å². The molecular weight excluding hydrogens is 901 g/mol. The summed E-state index contributed by atoms with van der Waals surface area (Å²) in [6.45, 7) is 6.69. The zero-order valence-electron chi connectivity index (χ0n) is 49.4. The quantitative estimate of drug-likeness (QED) is 0.0261. The Bertz CT molecular complexity index is 1180. The zero-order chi connectivity index (χ0) is 52.9. The molecule has 0 aliphatic heterocycles. The minimum atomic E-state index is -0.765. The first-order valence-corrected chi connectivity index (χ1v) is 32.8. The predicted octanol–water partition coefficient (Wildman–Crippen LogP) is 22.2. The Balaban J connectivity index is 4.17. The minimum Gasteiger partial charge on any atom is -0.462 e. The van der Waals surface area contributed by atoms with Gasteiger partial charge in [-0.05, 0) is 51.4 Å². The van der Waals surface area contributed by atoms with Crippen LogP contribution >= 0.6 is 0 Å². The van der Waals surface area contributed by atoms with Crippen molar-refractivity contribution >= 4 is 17.9 Å². The van der Waals surface area contributed by atoms with E-state index in [4.69, 9.17) is 14.2 Å². The van der Waals surface area contributed by atoms with Gasteiger partial charge in [0, 0.05) is 19.3 Å². The van der Waals surface area contributed by atoms with Crippen LogP contribution in [0.15, 0.2) is 24.3 Å². The van der Waals surface area contributed by atoms with Gasteiger partial charge in [0.25, 0.3) is 0 Å². The fraction of sp³-hybridized carbons (Fsp3) is 0.896. The number of hydrogen-bond acceptors (Lipinski definition) is 6. The Hall–Kier alpha value is -2.11. The minimum absolute atomic E-state index is 0.0641. The van der Waals surface area contributed by atoms with Crippen molar-refractivity contribution in [2.24, 2.45) is 0 Å². The number of ether oxygens (including phenoxy) is 3. The van der Waals surface area contributed by atoms with Crippen LogP contribution < -0.4 is 0 Å². The molecule has 0 saturated heterocycles. The van der Waals surface area contributed by atoms with Crippen molar-refractivity contribution in [1.82, 2.24) is 0 Å². The predicted molar refractivity (Wildman–Crippen MR) is 316 cm³/mol. The lowest BCUT2D eigenvalue weighted by Gasteiger charge is -2.18. The summed E-state index contributed by atoms with van der Waals surface area (Å²) in [6.07, 6.45) is 74.8. The Kier molecular flexibility index (Phi) is 60.6. The van der Waals surface area contributed by atoms with Crippen LogP contribution in [-0.2, 0) is 28.6 Å². The Morgan fingerprint density at radius 1 is 0.274 bits per heavy atom. The standard InChI is InChI=1S/C67H126O6/c1-4-7-10-13-16-19-22-25-27-29-30-31-32-33-34-35-36-37-38-39-41-42-45-48-51-54-57-60-66(69)72-63-64(62-71-65(68)59-56-53-50-47-44-24-21-18-15-12-9-6-3)73-67(70)61-58-55-52-49-46-43-40-28-26-23-20-17-14-11-8-5-2/h22,25,29-30,64H,4-21,23-24,26-28,31-63H2,1-3H3/b25-22-,30-29-. The monoisotopic (exact) mass is 1030 g/mol. The largest absolute Gasteiger partial charge is 0.462 e. The van der Waals surface area contributed by atoms with Crippen LogP contribution in [0, 0.1) is 0 Å². The van der Waals surface area contributed by atoms with Crippen molar-refractivity contribution in [3.05, 3.63) is 24.3 Å². The summed E-state index contributed by atoms with van der Waals surface area (Å²) >= 11 is 0. The van der Waals surface area contributed by atoms with Gasteiger partial charge in [0.1, 0.15) is 13.2 Å². The number of carbonyl (C=O) groups excluding carboxylic acids is 3. The lowest BCUT2D eigenvalue weighted by Crippen LogP contribution is -2.30. The topological polar surface area (TPSA) is 78.9 Å². The first-order valence-electron chi connectivity index (χ1n) is 32.8. The molecule has 0 heterocycles. The van der Waals surface area contributed by atoms with Gasteiger partial charge in [-0.25, -0.2) is 0 Å². The maximum atomic E-state index is 12.9. The molecule has 1 atom stereocenters. The molecule has 430 valence electrons. The molecule has 0 aromatic carbocycles. The maximum Gasteiger partial charge on any atom is 0.306 e. The van der Waals surface area contributed by atoms with Crippen LogP contribution in [0.4, 0.5) is 0 Å². The summed E-state index contributed by atoms with van der Waals surface area (Å²) in [4.78, 5) is 38.3. The molecule has 0 aromatic rings. The summed E-state index contributed by atoms with van der Waals surface area (Å²) in [5, 5.41) is 0. The Labute approximate surface area is 455 Å². The average molecular weight is 1030 g/mol. The van der Waals surface area contributed by atoms with Crippen molar-refractivity contribution in [3.63, 3.8) is 0 Å². The van der Waals surface area contributed by atoms with E-state index in [-0.39, 0.29) is 31.1 Å². The second kappa shape index (κ2) is 62.4. The fourth-order valence-electron chi connectivity index (χ4n) is 10.0. The van der Waals surface area contributed by atoms with Crippen LogP contribution in [0.5, 0.6) is 0 Å². The van der Waals surface area contributed by atoms with E-state index in [0.29, 0.717) is 19.3 Å². The second-order valence-electron chi connectivity index (χ2n) is 22.4. The van der Waals surface area contributed by atoms with Crippen molar-refractivity contribution in [3.8, 4) is 0 Å². The Morgan fingerprint density at radius 3 is 0.753 bits per heavy atom. The number of allylic oxidation sites excluding steroid dienone is 4. The highest BCUT2D eigenvalue weighted by Gasteiger charge is 2.19. The number of hydrogen-bond donors (Lipinski definition) is 0. The molecule has 0 radical (unpaired) electrons. The van der Waals surface area contributed by atoms with Gasteiger partial charge in [0.15, 0.2) is 6.10 Å². The van der Waals surface area contributed by atoms with Gasteiger partial charge in [-0.15, -0.1) is 0 Å². The SMILES string of the molecule is CCCCCCC/C=C\C/C=C\CCCCCCCCCCCCCCCCCC(=O)OCC(COC(=O)CCCCCCCCCCCCCC)OC(=O)CCCCCCCCCCCCCCCCCC. The normalized spacial score (nSPS) is 12.1. The molecular formula is C67H126O6. The fourth-order valence-corrected chi connectivity index (χ4v) is 10.0. The molecule has 0 amide bonds. The first-order chi connectivity index (χ1) is 36.0. The van der Waals surface area contributed by atoms with Gasteiger partial charge in [0.05, 0.1) is 0 Å². The van der Waals surface area contributed by atoms with Crippen molar-refractivity contribution in [1.29, 1.82) is 0 Å². The van der Waals surface area contributed by atoms with Gasteiger partial charge >= 0.3 is 17.9 Å². The van der Waals surface area contributed by atoms with Gasteiger partial charge in [-0.2, -0.15) is 0 Å². The van der Waals surface area contributed by atoms with Crippen LogP contribution in [0.3, 0.4) is 0 Å². The molecule has 1 unspecified atom stereocenters. The van der Waals surface area contributed by atoms with Crippen LogP contribution in [-0.4, -0.2) is 37.2 Å². The molecule has 0 rings (SSSR count). The summed E-state index contributed by atoms with van der Waals surface area (Å²) < 4.78 is 16.9. The van der Waals surface area contributed by atoms with Gasteiger partial charge in [-0.1, -0.05) is 321 Å². The molecule has 0 aliphatic rings. The smallest absolute Gasteiger partial charge is 0.306 e. The maximum absolute atomic E-state index is 12.9. The van der Waals surface area contributed by atoms with Crippen LogP contribution in [0.25, 0.3) is 0 Å². The number of unbranched alkanes of at least 4 members (excludes halogenated alkanes) is 46.